The summed E-state index contributed by atoms with van der Waals surface area (Å²) in [5.74, 6) is 0.836. The Morgan fingerprint density at radius 3 is 2.09 bits per heavy atom. The van der Waals surface area contributed by atoms with Crippen LogP contribution in [-0.2, 0) is 9.59 Å². The number of amides is 3. The van der Waals surface area contributed by atoms with Gasteiger partial charge in [0.15, 0.2) is 0 Å². The van der Waals surface area contributed by atoms with E-state index in [1.165, 1.54) is 6.42 Å². The van der Waals surface area contributed by atoms with Gasteiger partial charge >= 0.3 is 0 Å². The number of hydrogen-bond acceptors (Lipinski definition) is 4. The van der Waals surface area contributed by atoms with Gasteiger partial charge in [-0.1, -0.05) is 32.1 Å². The number of methoxy groups -OCH3 is 1. The Morgan fingerprint density at radius 1 is 0.794 bits per heavy atom. The zero-order valence-electron chi connectivity index (χ0n) is 20.4. The zero-order valence-corrected chi connectivity index (χ0v) is 20.4. The van der Waals surface area contributed by atoms with Crippen LogP contribution in [0.2, 0.25) is 0 Å². The van der Waals surface area contributed by atoms with Gasteiger partial charge < -0.3 is 20.3 Å². The molecule has 3 aliphatic rings. The van der Waals surface area contributed by atoms with Gasteiger partial charge in [0.2, 0.25) is 11.8 Å². The van der Waals surface area contributed by atoms with E-state index < -0.39 is 0 Å². The molecular formula is C27H39N3O4. The van der Waals surface area contributed by atoms with Crippen LogP contribution in [0.5, 0.6) is 5.75 Å². The summed E-state index contributed by atoms with van der Waals surface area (Å²) in [5, 5.41) is 6.38. The van der Waals surface area contributed by atoms with Crippen molar-refractivity contribution in [2.45, 2.75) is 82.7 Å². The van der Waals surface area contributed by atoms with Crippen molar-refractivity contribution in [3.8, 4) is 5.75 Å². The van der Waals surface area contributed by atoms with Crippen molar-refractivity contribution < 1.29 is 19.1 Å². The average Bonchev–Trinajstić information content (AvgIpc) is 2.90. The van der Waals surface area contributed by atoms with Crippen LogP contribution in [0.4, 0.5) is 0 Å². The minimum atomic E-state index is -0.166. The smallest absolute Gasteiger partial charge is 0.251 e. The van der Waals surface area contributed by atoms with Gasteiger partial charge in [-0.15, -0.1) is 0 Å². The molecule has 4 rings (SSSR count). The molecule has 1 heterocycles. The van der Waals surface area contributed by atoms with Gasteiger partial charge in [-0.05, 0) is 62.8 Å². The zero-order chi connectivity index (χ0) is 23.9. The third kappa shape index (κ3) is 6.10. The lowest BCUT2D eigenvalue weighted by Gasteiger charge is -2.37. The summed E-state index contributed by atoms with van der Waals surface area (Å²) < 4.78 is 5.17. The second kappa shape index (κ2) is 11.7. The lowest BCUT2D eigenvalue weighted by Crippen LogP contribution is -2.55. The van der Waals surface area contributed by atoms with E-state index in [0.29, 0.717) is 17.9 Å². The van der Waals surface area contributed by atoms with Crippen LogP contribution in [0.3, 0.4) is 0 Å². The molecule has 1 aliphatic heterocycles. The molecule has 3 fully saturated rings. The molecule has 2 N–H and O–H groups in total. The molecule has 0 spiro atoms. The van der Waals surface area contributed by atoms with E-state index >= 15 is 0 Å². The topological polar surface area (TPSA) is 87.7 Å². The molecule has 7 heteroatoms. The Morgan fingerprint density at radius 2 is 1.41 bits per heavy atom. The van der Waals surface area contributed by atoms with Crippen LogP contribution < -0.4 is 15.4 Å². The van der Waals surface area contributed by atoms with Crippen molar-refractivity contribution in [3.63, 3.8) is 0 Å². The lowest BCUT2D eigenvalue weighted by atomic mass is 9.86. The number of piperidine rings is 1. The number of carbonyl (C=O) groups excluding carboxylic acids is 3. The highest BCUT2D eigenvalue weighted by Crippen LogP contribution is 2.28. The Labute approximate surface area is 203 Å². The van der Waals surface area contributed by atoms with Gasteiger partial charge in [-0.2, -0.15) is 0 Å². The van der Waals surface area contributed by atoms with E-state index in [-0.39, 0.29) is 41.6 Å². The summed E-state index contributed by atoms with van der Waals surface area (Å²) in [6.07, 6.45) is 11.0. The monoisotopic (exact) mass is 469 g/mol. The molecule has 1 aromatic carbocycles. The fraction of sp³-hybridized carbons (Fsp3) is 0.667. The summed E-state index contributed by atoms with van der Waals surface area (Å²) in [5.41, 5.74) is 0.584. The average molecular weight is 470 g/mol. The number of rotatable bonds is 6. The Balaban J connectivity index is 1.32. The highest BCUT2D eigenvalue weighted by molar-refractivity contribution is 5.94. The molecule has 1 saturated heterocycles. The number of nitrogens with one attached hydrogen (secondary N) is 2. The fourth-order valence-electron chi connectivity index (χ4n) is 5.77. The number of hydrogen-bond donors (Lipinski definition) is 2. The molecule has 3 atom stereocenters. The lowest BCUT2D eigenvalue weighted by molar-refractivity contribution is -0.140. The van der Waals surface area contributed by atoms with Gasteiger partial charge in [0.25, 0.3) is 5.91 Å². The molecule has 0 aromatic heterocycles. The SMILES string of the molecule is COc1ccc(C(=O)N[C@@H]2CCCC[C@H]2NC(=O)C2CCCN(C(=O)C3CCCCC3)C2)cc1. The van der Waals surface area contributed by atoms with Gasteiger partial charge in [-0.25, -0.2) is 0 Å². The van der Waals surface area contributed by atoms with Gasteiger partial charge in [0, 0.05) is 36.7 Å². The first-order chi connectivity index (χ1) is 16.5. The molecule has 186 valence electrons. The molecule has 3 amide bonds. The number of ether oxygens (including phenoxy) is 1. The van der Waals surface area contributed by atoms with Crippen molar-refractivity contribution in [1.29, 1.82) is 0 Å². The maximum Gasteiger partial charge on any atom is 0.251 e. The summed E-state index contributed by atoms with van der Waals surface area (Å²) in [7, 11) is 1.60. The predicted octanol–water partition coefficient (Wildman–Crippen LogP) is 3.67. The third-order valence-electron chi connectivity index (χ3n) is 7.82. The number of likely N-dealkylation sites (tertiary alicyclic amines) is 1. The first-order valence-corrected chi connectivity index (χ1v) is 13.1. The van der Waals surface area contributed by atoms with Gasteiger partial charge in [-0.3, -0.25) is 14.4 Å². The summed E-state index contributed by atoms with van der Waals surface area (Å²) in [4.78, 5) is 40.9. The van der Waals surface area contributed by atoms with E-state index in [2.05, 4.69) is 10.6 Å². The largest absolute Gasteiger partial charge is 0.497 e. The van der Waals surface area contributed by atoms with E-state index in [9.17, 15) is 14.4 Å². The van der Waals surface area contributed by atoms with Crippen molar-refractivity contribution in [2.75, 3.05) is 20.2 Å². The Bertz CT molecular complexity index is 850. The van der Waals surface area contributed by atoms with Crippen LogP contribution >= 0.6 is 0 Å². The van der Waals surface area contributed by atoms with Crippen LogP contribution in [0.25, 0.3) is 0 Å². The number of benzene rings is 1. The molecule has 0 radical (unpaired) electrons. The molecule has 0 bridgehead atoms. The summed E-state index contributed by atoms with van der Waals surface area (Å²) in [6, 6.07) is 6.90. The van der Waals surface area contributed by atoms with E-state index in [0.717, 1.165) is 70.8 Å². The molecular weight excluding hydrogens is 430 g/mol. The van der Waals surface area contributed by atoms with Crippen molar-refractivity contribution in [3.05, 3.63) is 29.8 Å². The van der Waals surface area contributed by atoms with Crippen LogP contribution in [0.15, 0.2) is 24.3 Å². The first kappa shape index (κ1) is 24.6. The van der Waals surface area contributed by atoms with E-state index in [4.69, 9.17) is 4.74 Å². The molecule has 1 unspecified atom stereocenters. The maximum atomic E-state index is 13.2. The normalized spacial score (nSPS) is 25.9. The van der Waals surface area contributed by atoms with Gasteiger partial charge in [0.1, 0.15) is 5.75 Å². The van der Waals surface area contributed by atoms with E-state index in [1.54, 1.807) is 31.4 Å². The predicted molar refractivity (Wildman–Crippen MR) is 131 cm³/mol. The fourth-order valence-corrected chi connectivity index (χ4v) is 5.77. The second-order valence-corrected chi connectivity index (χ2v) is 10.2. The maximum absolute atomic E-state index is 13.2. The molecule has 7 nitrogen and oxygen atoms in total. The summed E-state index contributed by atoms with van der Waals surface area (Å²) in [6.45, 7) is 1.29. The van der Waals surface area contributed by atoms with Crippen molar-refractivity contribution in [2.24, 2.45) is 11.8 Å². The molecule has 1 aromatic rings. The molecule has 34 heavy (non-hydrogen) atoms. The molecule has 2 aliphatic carbocycles. The quantitative estimate of drug-likeness (QED) is 0.665. The number of nitrogens with zero attached hydrogens (tertiary/aromatic N) is 1. The van der Waals surface area contributed by atoms with Crippen molar-refractivity contribution in [1.82, 2.24) is 15.5 Å². The van der Waals surface area contributed by atoms with Gasteiger partial charge in [0.05, 0.1) is 13.0 Å². The van der Waals surface area contributed by atoms with Crippen LogP contribution in [-0.4, -0.2) is 54.9 Å². The highest BCUT2D eigenvalue weighted by atomic mass is 16.5. The Kier molecular flexibility index (Phi) is 8.46. The van der Waals surface area contributed by atoms with Crippen molar-refractivity contribution >= 4 is 17.7 Å². The standard InChI is InChI=1S/C27H39N3O4/c1-34-22-15-13-19(14-16-22)25(31)28-23-11-5-6-12-24(23)29-26(32)21-10-7-17-30(18-21)27(33)20-8-3-2-4-9-20/h13-16,20-21,23-24H,2-12,17-18H2,1H3,(H,28,31)(H,29,32)/t21?,23-,24-/m1/s1. The van der Waals surface area contributed by atoms with Crippen LogP contribution in [0.1, 0.15) is 81.0 Å². The van der Waals surface area contributed by atoms with Crippen LogP contribution in [0, 0.1) is 11.8 Å². The third-order valence-corrected chi connectivity index (χ3v) is 7.82. The van der Waals surface area contributed by atoms with E-state index in [1.807, 2.05) is 4.90 Å². The second-order valence-electron chi connectivity index (χ2n) is 10.2. The minimum Gasteiger partial charge on any atom is -0.497 e. The Hall–Kier alpha value is -2.57. The minimum absolute atomic E-state index is 0.0248. The number of carbonyl (C=O) groups is 3. The molecule has 2 saturated carbocycles. The first-order valence-electron chi connectivity index (χ1n) is 13.1. The highest BCUT2D eigenvalue weighted by Gasteiger charge is 2.35. The summed E-state index contributed by atoms with van der Waals surface area (Å²) >= 11 is 0.